The highest BCUT2D eigenvalue weighted by molar-refractivity contribution is 5.75. The Bertz CT molecular complexity index is 509. The van der Waals surface area contributed by atoms with Gasteiger partial charge in [-0.05, 0) is 50.5 Å². The third-order valence-electron chi connectivity index (χ3n) is 4.91. The van der Waals surface area contributed by atoms with Crippen LogP contribution in [-0.4, -0.2) is 12.1 Å². The molecule has 0 saturated heterocycles. The molecule has 0 N–H and O–H groups in total. The lowest BCUT2D eigenvalue weighted by molar-refractivity contribution is -0.164. The van der Waals surface area contributed by atoms with Crippen LogP contribution in [0.15, 0.2) is 30.3 Å². The fraction of sp³-hybridized carbons (Fsp3) is 0.682. The standard InChI is InChI=1S/C22H36O2/c1-9-18(22(7,8)17-13-11-10-12-14-17)19(15-16(2)3)24-20(23)21(4,5)6/h10-14,16,18-19H,9,15H2,1-8H3/t18-,19?/m1/s1. The molecule has 0 aliphatic heterocycles. The molecule has 136 valence electrons. The molecule has 2 nitrogen and oxygen atoms in total. The number of esters is 1. The van der Waals surface area contributed by atoms with E-state index in [1.807, 2.05) is 26.8 Å². The number of carbonyl (C=O) groups excluding carboxylic acids is 1. The highest BCUT2D eigenvalue weighted by Crippen LogP contribution is 2.39. The van der Waals surface area contributed by atoms with Crippen molar-refractivity contribution >= 4 is 5.97 Å². The van der Waals surface area contributed by atoms with Gasteiger partial charge in [0.2, 0.25) is 0 Å². The fourth-order valence-electron chi connectivity index (χ4n) is 3.39. The summed E-state index contributed by atoms with van der Waals surface area (Å²) in [6.07, 6.45) is 1.82. The molecule has 1 unspecified atom stereocenters. The second-order valence-corrected chi connectivity index (χ2v) is 8.93. The topological polar surface area (TPSA) is 26.3 Å². The van der Waals surface area contributed by atoms with Crippen LogP contribution in [0, 0.1) is 17.3 Å². The zero-order valence-corrected chi connectivity index (χ0v) is 16.8. The molecule has 24 heavy (non-hydrogen) atoms. The van der Waals surface area contributed by atoms with Crippen molar-refractivity contribution in [3.05, 3.63) is 35.9 Å². The fourth-order valence-corrected chi connectivity index (χ4v) is 3.39. The quantitative estimate of drug-likeness (QED) is 0.573. The Hall–Kier alpha value is -1.31. The van der Waals surface area contributed by atoms with Gasteiger partial charge in [0.15, 0.2) is 0 Å². The lowest BCUT2D eigenvalue weighted by atomic mass is 9.68. The maximum atomic E-state index is 12.5. The molecule has 2 atom stereocenters. The van der Waals surface area contributed by atoms with Crippen molar-refractivity contribution in [2.45, 2.75) is 79.8 Å². The number of hydrogen-bond acceptors (Lipinski definition) is 2. The minimum Gasteiger partial charge on any atom is -0.462 e. The van der Waals surface area contributed by atoms with Crippen LogP contribution in [0.3, 0.4) is 0 Å². The molecule has 0 bridgehead atoms. The van der Waals surface area contributed by atoms with Gasteiger partial charge in [-0.2, -0.15) is 0 Å². The summed E-state index contributed by atoms with van der Waals surface area (Å²) in [4.78, 5) is 12.5. The highest BCUT2D eigenvalue weighted by Gasteiger charge is 2.39. The molecule has 1 rings (SSSR count). The molecule has 0 aliphatic rings. The maximum absolute atomic E-state index is 12.5. The molecular weight excluding hydrogens is 296 g/mol. The van der Waals surface area contributed by atoms with Gasteiger partial charge in [0.1, 0.15) is 6.10 Å². The van der Waals surface area contributed by atoms with E-state index in [1.165, 1.54) is 5.56 Å². The van der Waals surface area contributed by atoms with Crippen molar-refractivity contribution in [2.24, 2.45) is 17.3 Å². The van der Waals surface area contributed by atoms with Crippen molar-refractivity contribution in [3.63, 3.8) is 0 Å². The van der Waals surface area contributed by atoms with Gasteiger partial charge in [0.25, 0.3) is 0 Å². The van der Waals surface area contributed by atoms with E-state index >= 15 is 0 Å². The van der Waals surface area contributed by atoms with Crippen LogP contribution in [0.4, 0.5) is 0 Å². The predicted octanol–water partition coefficient (Wildman–Crippen LogP) is 5.99. The molecule has 1 aromatic carbocycles. The molecule has 0 spiro atoms. The van der Waals surface area contributed by atoms with Gasteiger partial charge >= 0.3 is 5.97 Å². The lowest BCUT2D eigenvalue weighted by Gasteiger charge is -2.40. The third-order valence-corrected chi connectivity index (χ3v) is 4.91. The summed E-state index contributed by atoms with van der Waals surface area (Å²) in [5.41, 5.74) is 0.787. The second kappa shape index (κ2) is 8.18. The second-order valence-electron chi connectivity index (χ2n) is 8.93. The summed E-state index contributed by atoms with van der Waals surface area (Å²) < 4.78 is 6.05. The third kappa shape index (κ3) is 5.36. The van der Waals surface area contributed by atoms with E-state index in [0.29, 0.717) is 5.92 Å². The average molecular weight is 333 g/mol. The zero-order chi connectivity index (χ0) is 18.5. The van der Waals surface area contributed by atoms with Gasteiger partial charge in [0.05, 0.1) is 5.41 Å². The van der Waals surface area contributed by atoms with E-state index < -0.39 is 5.41 Å². The first-order valence-corrected chi connectivity index (χ1v) is 9.26. The molecule has 0 heterocycles. The zero-order valence-electron chi connectivity index (χ0n) is 16.8. The van der Waals surface area contributed by atoms with Crippen LogP contribution in [0.1, 0.15) is 73.8 Å². The van der Waals surface area contributed by atoms with Crippen molar-refractivity contribution in [1.82, 2.24) is 0 Å². The molecule has 0 radical (unpaired) electrons. The first-order chi connectivity index (χ1) is 11.0. The molecule has 1 aromatic rings. The molecule has 0 fully saturated rings. The average Bonchev–Trinajstić information content (AvgIpc) is 2.46. The summed E-state index contributed by atoms with van der Waals surface area (Å²) in [5, 5.41) is 0. The first kappa shape index (κ1) is 20.7. The first-order valence-electron chi connectivity index (χ1n) is 9.26. The molecule has 0 aliphatic carbocycles. The summed E-state index contributed by atoms with van der Waals surface area (Å²) in [7, 11) is 0. The minimum absolute atomic E-state index is 0.0479. The van der Waals surface area contributed by atoms with Gasteiger partial charge in [0, 0.05) is 5.92 Å². The van der Waals surface area contributed by atoms with Crippen molar-refractivity contribution in [2.75, 3.05) is 0 Å². The van der Waals surface area contributed by atoms with Crippen LogP contribution in [0.5, 0.6) is 0 Å². The van der Waals surface area contributed by atoms with Gasteiger partial charge in [-0.25, -0.2) is 0 Å². The van der Waals surface area contributed by atoms with Crippen LogP contribution < -0.4 is 0 Å². The van der Waals surface area contributed by atoms with Gasteiger partial charge in [-0.1, -0.05) is 65.0 Å². The highest BCUT2D eigenvalue weighted by atomic mass is 16.5. The Morgan fingerprint density at radius 1 is 1.04 bits per heavy atom. The smallest absolute Gasteiger partial charge is 0.311 e. The Labute approximate surface area is 149 Å². The van der Waals surface area contributed by atoms with E-state index in [-0.39, 0.29) is 23.4 Å². The van der Waals surface area contributed by atoms with E-state index in [2.05, 4.69) is 58.9 Å². The number of benzene rings is 1. The molecule has 0 saturated carbocycles. The summed E-state index contributed by atoms with van der Waals surface area (Å²) in [6, 6.07) is 10.6. The van der Waals surface area contributed by atoms with E-state index in [9.17, 15) is 4.79 Å². The van der Waals surface area contributed by atoms with Crippen molar-refractivity contribution in [1.29, 1.82) is 0 Å². The van der Waals surface area contributed by atoms with Gasteiger partial charge < -0.3 is 4.74 Å². The van der Waals surface area contributed by atoms with E-state index in [0.717, 1.165) is 12.8 Å². The number of hydrogen-bond donors (Lipinski definition) is 0. The lowest BCUT2D eigenvalue weighted by Crippen LogP contribution is -2.42. The Kier molecular flexibility index (Phi) is 7.07. The van der Waals surface area contributed by atoms with Gasteiger partial charge in [-0.15, -0.1) is 0 Å². The maximum Gasteiger partial charge on any atom is 0.311 e. The van der Waals surface area contributed by atoms with E-state index in [4.69, 9.17) is 4.74 Å². The summed E-state index contributed by atoms with van der Waals surface area (Å²) in [5.74, 6) is 0.674. The monoisotopic (exact) mass is 332 g/mol. The Balaban J connectivity index is 3.14. The Morgan fingerprint density at radius 2 is 1.58 bits per heavy atom. The van der Waals surface area contributed by atoms with Crippen molar-refractivity contribution in [3.8, 4) is 0 Å². The van der Waals surface area contributed by atoms with Crippen LogP contribution in [0.25, 0.3) is 0 Å². The minimum atomic E-state index is -0.468. The van der Waals surface area contributed by atoms with Crippen LogP contribution in [0.2, 0.25) is 0 Å². The number of rotatable bonds is 7. The summed E-state index contributed by atoms with van der Waals surface area (Å²) >= 11 is 0. The molecule has 2 heteroatoms. The van der Waals surface area contributed by atoms with Gasteiger partial charge in [-0.3, -0.25) is 4.79 Å². The molecular formula is C22H36O2. The van der Waals surface area contributed by atoms with E-state index in [1.54, 1.807) is 0 Å². The molecule has 0 aromatic heterocycles. The predicted molar refractivity (Wildman–Crippen MR) is 102 cm³/mol. The largest absolute Gasteiger partial charge is 0.462 e. The van der Waals surface area contributed by atoms with Crippen LogP contribution in [-0.2, 0) is 14.9 Å². The normalized spacial score (nSPS) is 15.2. The molecule has 0 amide bonds. The number of ether oxygens (including phenoxy) is 1. The SMILES string of the molecule is CC[C@H](C(CC(C)C)OC(=O)C(C)(C)C)C(C)(C)c1ccccc1. The summed E-state index contributed by atoms with van der Waals surface area (Å²) in [6.45, 7) is 16.9. The van der Waals surface area contributed by atoms with Crippen LogP contribution >= 0.6 is 0 Å². The Morgan fingerprint density at radius 3 is 2.00 bits per heavy atom. The van der Waals surface area contributed by atoms with Crippen molar-refractivity contribution < 1.29 is 9.53 Å². The number of carbonyl (C=O) groups is 1.